The van der Waals surface area contributed by atoms with Crippen LogP contribution in [0.15, 0.2) is 6.33 Å². The third kappa shape index (κ3) is 2.58. The van der Waals surface area contributed by atoms with Gasteiger partial charge >= 0.3 is 5.97 Å². The zero-order valence-corrected chi connectivity index (χ0v) is 9.19. The van der Waals surface area contributed by atoms with Gasteiger partial charge in [0, 0.05) is 6.54 Å². The van der Waals surface area contributed by atoms with E-state index in [2.05, 4.69) is 15.5 Å². The summed E-state index contributed by atoms with van der Waals surface area (Å²) >= 11 is 0. The average Bonchev–Trinajstić information content (AvgIpc) is 2.81. The molecule has 2 rings (SSSR count). The van der Waals surface area contributed by atoms with Crippen LogP contribution in [0.2, 0.25) is 0 Å². The molecular weight excluding hydrogens is 226 g/mol. The monoisotopic (exact) mass is 239 g/mol. The molecule has 1 aliphatic heterocycles. The molecule has 1 atom stereocenters. The average molecular weight is 239 g/mol. The second kappa shape index (κ2) is 4.89. The molecule has 1 N–H and O–H groups in total. The van der Waals surface area contributed by atoms with Gasteiger partial charge in [-0.2, -0.15) is 0 Å². The second-order valence-corrected chi connectivity index (χ2v) is 3.94. The van der Waals surface area contributed by atoms with Crippen molar-refractivity contribution in [2.45, 2.75) is 31.8 Å². The SMILES string of the molecule is O=C(O)[C@H]1CCCCN1C(=O)Cn1cnnn1. The van der Waals surface area contributed by atoms with Gasteiger partial charge in [-0.05, 0) is 29.7 Å². The number of likely N-dealkylation sites (tertiary alicyclic amines) is 1. The largest absolute Gasteiger partial charge is 0.480 e. The van der Waals surface area contributed by atoms with Gasteiger partial charge in [-0.3, -0.25) is 4.79 Å². The number of carbonyl (C=O) groups is 2. The summed E-state index contributed by atoms with van der Waals surface area (Å²) in [5, 5.41) is 19.5. The number of carboxylic acid groups (broad SMARTS) is 1. The number of piperidine rings is 1. The Bertz CT molecular complexity index is 405. The van der Waals surface area contributed by atoms with Crippen molar-refractivity contribution < 1.29 is 14.7 Å². The molecule has 1 saturated heterocycles. The van der Waals surface area contributed by atoms with Crippen molar-refractivity contribution in [3.63, 3.8) is 0 Å². The molecule has 0 unspecified atom stereocenters. The number of hydrogen-bond acceptors (Lipinski definition) is 5. The van der Waals surface area contributed by atoms with E-state index in [1.807, 2.05) is 0 Å². The molecule has 0 bridgehead atoms. The first kappa shape index (κ1) is 11.5. The molecule has 1 aliphatic rings. The van der Waals surface area contributed by atoms with Crippen LogP contribution < -0.4 is 0 Å². The van der Waals surface area contributed by atoms with Crippen molar-refractivity contribution in [1.82, 2.24) is 25.1 Å². The maximum absolute atomic E-state index is 11.9. The molecule has 0 radical (unpaired) electrons. The van der Waals surface area contributed by atoms with Crippen molar-refractivity contribution >= 4 is 11.9 Å². The van der Waals surface area contributed by atoms with Gasteiger partial charge in [0.1, 0.15) is 18.9 Å². The van der Waals surface area contributed by atoms with Gasteiger partial charge in [0.05, 0.1) is 0 Å². The predicted octanol–water partition coefficient (Wildman–Crippen LogP) is -0.861. The van der Waals surface area contributed by atoms with E-state index >= 15 is 0 Å². The summed E-state index contributed by atoms with van der Waals surface area (Å²) in [5.41, 5.74) is 0. The quantitative estimate of drug-likeness (QED) is 0.736. The number of rotatable bonds is 3. The Balaban J connectivity index is 2.03. The fourth-order valence-electron chi connectivity index (χ4n) is 1.97. The Morgan fingerprint density at radius 2 is 2.24 bits per heavy atom. The van der Waals surface area contributed by atoms with Gasteiger partial charge in [-0.25, -0.2) is 9.48 Å². The minimum atomic E-state index is -0.949. The van der Waals surface area contributed by atoms with Gasteiger partial charge in [-0.15, -0.1) is 5.10 Å². The first-order valence-corrected chi connectivity index (χ1v) is 5.41. The van der Waals surface area contributed by atoms with Crippen LogP contribution in [0.4, 0.5) is 0 Å². The van der Waals surface area contributed by atoms with Crippen LogP contribution in [-0.4, -0.2) is 54.7 Å². The fraction of sp³-hybridized carbons (Fsp3) is 0.667. The summed E-state index contributed by atoms with van der Waals surface area (Å²) in [4.78, 5) is 24.4. The normalized spacial score (nSPS) is 20.2. The summed E-state index contributed by atoms with van der Waals surface area (Å²) in [5.74, 6) is -1.21. The lowest BCUT2D eigenvalue weighted by molar-refractivity contribution is -0.152. The van der Waals surface area contributed by atoms with Crippen molar-refractivity contribution in [2.75, 3.05) is 6.54 Å². The molecule has 17 heavy (non-hydrogen) atoms. The smallest absolute Gasteiger partial charge is 0.326 e. The lowest BCUT2D eigenvalue weighted by atomic mass is 10.0. The number of hydrogen-bond donors (Lipinski definition) is 1. The molecule has 0 saturated carbocycles. The van der Waals surface area contributed by atoms with E-state index in [9.17, 15) is 9.59 Å². The number of aromatic nitrogens is 4. The van der Waals surface area contributed by atoms with E-state index in [1.165, 1.54) is 15.9 Å². The first-order valence-electron chi connectivity index (χ1n) is 5.41. The van der Waals surface area contributed by atoms with Crippen molar-refractivity contribution in [3.05, 3.63) is 6.33 Å². The summed E-state index contributed by atoms with van der Waals surface area (Å²) < 4.78 is 1.29. The Morgan fingerprint density at radius 3 is 2.88 bits per heavy atom. The summed E-state index contributed by atoms with van der Waals surface area (Å²) in [6.07, 6.45) is 3.52. The first-order chi connectivity index (χ1) is 8.18. The third-order valence-electron chi connectivity index (χ3n) is 2.80. The molecule has 8 heteroatoms. The number of aliphatic carboxylic acids is 1. The van der Waals surface area contributed by atoms with Crippen LogP contribution in [0.5, 0.6) is 0 Å². The highest BCUT2D eigenvalue weighted by atomic mass is 16.4. The summed E-state index contributed by atoms with van der Waals surface area (Å²) in [6.45, 7) is 0.467. The van der Waals surface area contributed by atoms with Crippen LogP contribution >= 0.6 is 0 Å². The Labute approximate surface area is 97.2 Å². The van der Waals surface area contributed by atoms with Crippen LogP contribution in [0.1, 0.15) is 19.3 Å². The molecule has 0 aliphatic carbocycles. The molecule has 0 spiro atoms. The van der Waals surface area contributed by atoms with Crippen LogP contribution in [-0.2, 0) is 16.1 Å². The van der Waals surface area contributed by atoms with Gasteiger partial charge < -0.3 is 10.0 Å². The van der Waals surface area contributed by atoms with Crippen LogP contribution in [0, 0.1) is 0 Å². The summed E-state index contributed by atoms with van der Waals surface area (Å²) in [7, 11) is 0. The lowest BCUT2D eigenvalue weighted by Crippen LogP contribution is -2.49. The number of carboxylic acids is 1. The van der Waals surface area contributed by atoms with E-state index in [0.29, 0.717) is 13.0 Å². The van der Waals surface area contributed by atoms with Crippen molar-refractivity contribution in [1.29, 1.82) is 0 Å². The maximum atomic E-state index is 11.9. The van der Waals surface area contributed by atoms with Crippen LogP contribution in [0.3, 0.4) is 0 Å². The minimum absolute atomic E-state index is 0.0171. The number of carbonyl (C=O) groups excluding carboxylic acids is 1. The van der Waals surface area contributed by atoms with E-state index in [0.717, 1.165) is 12.8 Å². The Kier molecular flexibility index (Phi) is 3.31. The topological polar surface area (TPSA) is 101 Å². The minimum Gasteiger partial charge on any atom is -0.480 e. The fourth-order valence-corrected chi connectivity index (χ4v) is 1.97. The molecule has 1 amide bonds. The number of tetrazole rings is 1. The Morgan fingerprint density at radius 1 is 1.41 bits per heavy atom. The predicted molar refractivity (Wildman–Crippen MR) is 54.8 cm³/mol. The molecule has 1 fully saturated rings. The lowest BCUT2D eigenvalue weighted by Gasteiger charge is -2.32. The van der Waals surface area contributed by atoms with E-state index in [-0.39, 0.29) is 12.5 Å². The highest BCUT2D eigenvalue weighted by Crippen LogP contribution is 2.17. The highest BCUT2D eigenvalue weighted by Gasteiger charge is 2.31. The van der Waals surface area contributed by atoms with Gasteiger partial charge in [0.2, 0.25) is 5.91 Å². The zero-order valence-electron chi connectivity index (χ0n) is 9.19. The molecule has 1 aromatic heterocycles. The van der Waals surface area contributed by atoms with E-state index < -0.39 is 12.0 Å². The second-order valence-electron chi connectivity index (χ2n) is 3.94. The molecule has 2 heterocycles. The Hall–Kier alpha value is -1.99. The number of nitrogens with zero attached hydrogens (tertiary/aromatic N) is 5. The molecule has 0 aromatic carbocycles. The summed E-state index contributed by atoms with van der Waals surface area (Å²) in [6, 6.07) is -0.715. The highest BCUT2D eigenvalue weighted by molar-refractivity contribution is 5.83. The standard InChI is InChI=1S/C9H13N5O3/c15-8(5-13-6-10-11-12-13)14-4-2-1-3-7(14)9(16)17/h6-7H,1-5H2,(H,16,17)/t7-/m1/s1. The number of amides is 1. The zero-order chi connectivity index (χ0) is 12.3. The van der Waals surface area contributed by atoms with Crippen molar-refractivity contribution in [3.8, 4) is 0 Å². The molecule has 1 aromatic rings. The van der Waals surface area contributed by atoms with Crippen LogP contribution in [0.25, 0.3) is 0 Å². The van der Waals surface area contributed by atoms with Gasteiger partial charge in [0.15, 0.2) is 0 Å². The van der Waals surface area contributed by atoms with Crippen molar-refractivity contribution in [2.24, 2.45) is 0 Å². The van der Waals surface area contributed by atoms with E-state index in [4.69, 9.17) is 5.11 Å². The van der Waals surface area contributed by atoms with Gasteiger partial charge in [-0.1, -0.05) is 0 Å². The third-order valence-corrected chi connectivity index (χ3v) is 2.80. The molecular formula is C9H13N5O3. The van der Waals surface area contributed by atoms with E-state index in [1.54, 1.807) is 0 Å². The maximum Gasteiger partial charge on any atom is 0.326 e. The molecule has 92 valence electrons. The molecule has 8 nitrogen and oxygen atoms in total. The van der Waals surface area contributed by atoms with Gasteiger partial charge in [0.25, 0.3) is 0 Å².